The average Bonchev–Trinajstić information content (AvgIpc) is 2.38. The third-order valence-corrected chi connectivity index (χ3v) is 3.16. The summed E-state index contributed by atoms with van der Waals surface area (Å²) in [5, 5.41) is 30.0. The number of aliphatic hydroxyl groups is 2. The minimum absolute atomic E-state index is 0.136. The Hall–Kier alpha value is -0.160. The van der Waals surface area contributed by atoms with Gasteiger partial charge in [0.15, 0.2) is 0 Å². The SMILES string of the molecule is CC(O)C[NH2+]CC(C)O.CCCCCC(C[O-])CCC. The zero-order valence-corrected chi connectivity index (χ0v) is 14.0. The molecule has 4 heteroatoms. The Labute approximate surface area is 125 Å². The molecular weight excluding hydrogens is 254 g/mol. The summed E-state index contributed by atoms with van der Waals surface area (Å²) >= 11 is 0. The number of quaternary nitrogens is 1. The van der Waals surface area contributed by atoms with Crippen LogP contribution in [0.5, 0.6) is 0 Å². The first-order chi connectivity index (χ1) is 9.47. The Morgan fingerprint density at radius 1 is 0.900 bits per heavy atom. The van der Waals surface area contributed by atoms with Gasteiger partial charge in [-0.2, -0.15) is 0 Å². The van der Waals surface area contributed by atoms with E-state index in [-0.39, 0.29) is 18.8 Å². The maximum atomic E-state index is 10.6. The first-order valence-corrected chi connectivity index (χ1v) is 8.23. The van der Waals surface area contributed by atoms with Gasteiger partial charge in [-0.15, -0.1) is 6.61 Å². The van der Waals surface area contributed by atoms with Gasteiger partial charge in [0, 0.05) is 0 Å². The van der Waals surface area contributed by atoms with Gasteiger partial charge in [-0.05, 0) is 13.8 Å². The monoisotopic (exact) mass is 291 g/mol. The highest BCUT2D eigenvalue weighted by Crippen LogP contribution is 2.13. The molecule has 4 nitrogen and oxygen atoms in total. The summed E-state index contributed by atoms with van der Waals surface area (Å²) in [6.45, 7) is 9.30. The quantitative estimate of drug-likeness (QED) is 0.489. The molecule has 0 aliphatic rings. The van der Waals surface area contributed by atoms with Crippen molar-refractivity contribution in [1.29, 1.82) is 0 Å². The number of unbranched alkanes of at least 4 members (excludes halogenated alkanes) is 2. The molecule has 4 N–H and O–H groups in total. The molecule has 124 valence electrons. The van der Waals surface area contributed by atoms with Gasteiger partial charge in [-0.3, -0.25) is 0 Å². The second kappa shape index (κ2) is 16.9. The topological polar surface area (TPSA) is 80.1 Å². The number of hydrogen-bond acceptors (Lipinski definition) is 3. The summed E-state index contributed by atoms with van der Waals surface area (Å²) in [5.74, 6) is 0.464. The van der Waals surface area contributed by atoms with Crippen molar-refractivity contribution in [3.63, 3.8) is 0 Å². The third kappa shape index (κ3) is 20.2. The molecule has 0 aromatic rings. The molecular formula is C16H37NO3. The largest absolute Gasteiger partial charge is 0.854 e. The van der Waals surface area contributed by atoms with Crippen LogP contribution < -0.4 is 10.4 Å². The van der Waals surface area contributed by atoms with Crippen molar-refractivity contribution < 1.29 is 20.6 Å². The van der Waals surface area contributed by atoms with Crippen molar-refractivity contribution in [2.24, 2.45) is 5.92 Å². The zero-order valence-electron chi connectivity index (χ0n) is 14.0. The molecule has 3 atom stereocenters. The summed E-state index contributed by atoms with van der Waals surface area (Å²) in [5.41, 5.74) is 0. The highest BCUT2D eigenvalue weighted by Gasteiger charge is 2.00. The third-order valence-electron chi connectivity index (χ3n) is 3.16. The van der Waals surface area contributed by atoms with Gasteiger partial charge in [-0.1, -0.05) is 58.3 Å². The zero-order chi connectivity index (χ0) is 15.8. The Kier molecular flexibility index (Phi) is 18.7. The fourth-order valence-corrected chi connectivity index (χ4v) is 1.98. The molecule has 0 saturated heterocycles. The Balaban J connectivity index is 0. The van der Waals surface area contributed by atoms with E-state index in [0.717, 1.165) is 12.8 Å². The van der Waals surface area contributed by atoms with Gasteiger partial charge >= 0.3 is 0 Å². The second-order valence-electron chi connectivity index (χ2n) is 5.78. The molecule has 0 spiro atoms. The maximum Gasteiger partial charge on any atom is 0.102 e. The van der Waals surface area contributed by atoms with E-state index < -0.39 is 0 Å². The summed E-state index contributed by atoms with van der Waals surface area (Å²) in [4.78, 5) is 0. The van der Waals surface area contributed by atoms with Crippen LogP contribution in [-0.4, -0.2) is 42.1 Å². The van der Waals surface area contributed by atoms with Gasteiger partial charge < -0.3 is 20.6 Å². The summed E-state index contributed by atoms with van der Waals surface area (Å²) < 4.78 is 0. The van der Waals surface area contributed by atoms with Gasteiger partial charge in [0.2, 0.25) is 0 Å². The second-order valence-corrected chi connectivity index (χ2v) is 5.78. The first-order valence-electron chi connectivity index (χ1n) is 8.23. The molecule has 0 fully saturated rings. The molecule has 0 amide bonds. The fourth-order valence-electron chi connectivity index (χ4n) is 1.98. The van der Waals surface area contributed by atoms with Crippen molar-refractivity contribution in [2.75, 3.05) is 19.7 Å². The lowest BCUT2D eigenvalue weighted by molar-refractivity contribution is -0.665. The van der Waals surface area contributed by atoms with Crippen LogP contribution in [0, 0.1) is 5.92 Å². The molecule has 0 rings (SSSR count). The van der Waals surface area contributed by atoms with Crippen LogP contribution in [-0.2, 0) is 0 Å². The first kappa shape index (κ1) is 22.1. The highest BCUT2D eigenvalue weighted by molar-refractivity contribution is 4.56. The molecule has 20 heavy (non-hydrogen) atoms. The predicted octanol–water partition coefficient (Wildman–Crippen LogP) is 0.655. The number of nitrogens with two attached hydrogens (primary N) is 1. The van der Waals surface area contributed by atoms with E-state index in [4.69, 9.17) is 10.2 Å². The van der Waals surface area contributed by atoms with E-state index in [1.54, 1.807) is 13.8 Å². The molecule has 0 radical (unpaired) electrons. The fraction of sp³-hybridized carbons (Fsp3) is 1.00. The average molecular weight is 291 g/mol. The Morgan fingerprint density at radius 2 is 1.45 bits per heavy atom. The lowest BCUT2D eigenvalue weighted by Gasteiger charge is -2.18. The van der Waals surface area contributed by atoms with Gasteiger partial charge in [-0.25, -0.2) is 0 Å². The minimum Gasteiger partial charge on any atom is -0.854 e. The summed E-state index contributed by atoms with van der Waals surface area (Å²) in [6.07, 6.45) is 6.71. The number of hydrogen-bond donors (Lipinski definition) is 3. The molecule has 0 saturated carbocycles. The van der Waals surface area contributed by atoms with E-state index in [1.807, 2.05) is 5.32 Å². The molecule has 0 bridgehead atoms. The van der Waals surface area contributed by atoms with Crippen LogP contribution in [0.2, 0.25) is 0 Å². The number of aliphatic hydroxyl groups excluding tert-OH is 2. The minimum atomic E-state index is -0.274. The molecule has 0 aromatic carbocycles. The van der Waals surface area contributed by atoms with Gasteiger partial charge in [0.1, 0.15) is 13.1 Å². The van der Waals surface area contributed by atoms with E-state index in [2.05, 4.69) is 13.8 Å². The van der Waals surface area contributed by atoms with E-state index in [1.165, 1.54) is 25.7 Å². The summed E-state index contributed by atoms with van der Waals surface area (Å²) in [7, 11) is 0. The molecule has 0 aromatic heterocycles. The normalized spacial score (nSPS) is 15.2. The van der Waals surface area contributed by atoms with Crippen molar-refractivity contribution in [1.82, 2.24) is 0 Å². The Bertz CT molecular complexity index is 167. The van der Waals surface area contributed by atoms with E-state index in [0.29, 0.717) is 19.0 Å². The molecule has 0 aliphatic carbocycles. The lowest BCUT2D eigenvalue weighted by Crippen LogP contribution is -2.88. The van der Waals surface area contributed by atoms with E-state index in [9.17, 15) is 5.11 Å². The van der Waals surface area contributed by atoms with E-state index >= 15 is 0 Å². The van der Waals surface area contributed by atoms with Crippen molar-refractivity contribution in [3.8, 4) is 0 Å². The van der Waals surface area contributed by atoms with Crippen LogP contribution in [0.1, 0.15) is 66.2 Å². The smallest absolute Gasteiger partial charge is 0.102 e. The standard InChI is InChI=1S/C10H21O.C6H15NO2/c1-3-5-6-8-10(9-11)7-4-2;1-5(8)3-7-4-6(2)9/h10H,3-9H2,1-2H3;5-9H,3-4H2,1-2H3/q-1;/p+1. The van der Waals surface area contributed by atoms with Crippen molar-refractivity contribution >= 4 is 0 Å². The molecule has 3 unspecified atom stereocenters. The van der Waals surface area contributed by atoms with Crippen LogP contribution in [0.15, 0.2) is 0 Å². The van der Waals surface area contributed by atoms with Crippen LogP contribution in [0.3, 0.4) is 0 Å². The lowest BCUT2D eigenvalue weighted by atomic mass is 9.98. The van der Waals surface area contributed by atoms with Crippen molar-refractivity contribution in [2.45, 2.75) is 78.4 Å². The molecule has 0 aliphatic heterocycles. The van der Waals surface area contributed by atoms with Crippen LogP contribution >= 0.6 is 0 Å². The van der Waals surface area contributed by atoms with Crippen LogP contribution in [0.25, 0.3) is 0 Å². The maximum absolute atomic E-state index is 10.6. The predicted molar refractivity (Wildman–Crippen MR) is 82.4 cm³/mol. The highest BCUT2D eigenvalue weighted by atomic mass is 16.3. The summed E-state index contributed by atoms with van der Waals surface area (Å²) in [6, 6.07) is 0. The van der Waals surface area contributed by atoms with Gasteiger partial charge in [0.05, 0.1) is 12.2 Å². The Morgan fingerprint density at radius 3 is 1.80 bits per heavy atom. The van der Waals surface area contributed by atoms with Crippen LogP contribution in [0.4, 0.5) is 0 Å². The molecule has 0 heterocycles. The number of rotatable bonds is 11. The van der Waals surface area contributed by atoms with Gasteiger partial charge in [0.25, 0.3) is 0 Å². The van der Waals surface area contributed by atoms with Crippen molar-refractivity contribution in [3.05, 3.63) is 0 Å².